The number of halogens is 1. The normalized spacial score (nSPS) is 10.4. The maximum atomic E-state index is 5.88. The number of hydrogen-bond acceptors (Lipinski definition) is 4. The van der Waals surface area contributed by atoms with E-state index in [9.17, 15) is 0 Å². The fraction of sp³-hybridized carbons (Fsp3) is 0.182. The second-order valence-electron chi connectivity index (χ2n) is 3.51. The third-order valence-corrected chi connectivity index (χ3v) is 2.82. The van der Waals surface area contributed by atoms with Crippen molar-refractivity contribution in [1.82, 2.24) is 5.16 Å². The zero-order valence-electron chi connectivity index (χ0n) is 8.83. The molecule has 0 spiro atoms. The number of nitrogens with zero attached hydrogens (tertiary/aromatic N) is 1. The average Bonchev–Trinajstić information content (AvgIpc) is 2.63. The van der Waals surface area contributed by atoms with Crippen LogP contribution in [0.4, 0.5) is 11.4 Å². The van der Waals surface area contributed by atoms with Gasteiger partial charge < -0.3 is 15.6 Å². The van der Waals surface area contributed by atoms with E-state index in [1.807, 2.05) is 31.2 Å². The van der Waals surface area contributed by atoms with E-state index in [2.05, 4.69) is 33.1 Å². The van der Waals surface area contributed by atoms with Crippen molar-refractivity contribution >= 4 is 34.0 Å². The fourth-order valence-corrected chi connectivity index (χ4v) is 1.90. The van der Waals surface area contributed by atoms with E-state index in [0.717, 1.165) is 26.4 Å². The molecule has 0 radical (unpaired) electrons. The van der Waals surface area contributed by atoms with Crippen LogP contribution in [0, 0.1) is 10.5 Å². The van der Waals surface area contributed by atoms with E-state index in [1.54, 1.807) is 0 Å². The molecule has 3 N–H and O–H groups in total. The highest BCUT2D eigenvalue weighted by atomic mass is 127. The molecule has 0 bridgehead atoms. The molecule has 1 aromatic heterocycles. The fourth-order valence-electron chi connectivity index (χ4n) is 1.38. The number of benzene rings is 1. The molecule has 5 heteroatoms. The molecule has 0 saturated carbocycles. The molecule has 2 rings (SSSR count). The van der Waals surface area contributed by atoms with Crippen LogP contribution in [0.5, 0.6) is 0 Å². The van der Waals surface area contributed by atoms with Crippen molar-refractivity contribution < 1.29 is 4.52 Å². The third-order valence-electron chi connectivity index (χ3n) is 2.15. The summed E-state index contributed by atoms with van der Waals surface area (Å²) < 4.78 is 6.10. The summed E-state index contributed by atoms with van der Waals surface area (Å²) in [5.41, 5.74) is 8.41. The number of nitrogens with two attached hydrogens (primary N) is 1. The Labute approximate surface area is 107 Å². The molecule has 0 aliphatic rings. The highest BCUT2D eigenvalue weighted by molar-refractivity contribution is 14.1. The molecule has 0 saturated heterocycles. The summed E-state index contributed by atoms with van der Waals surface area (Å²) >= 11 is 2.23. The van der Waals surface area contributed by atoms with Gasteiger partial charge in [-0.05, 0) is 47.7 Å². The van der Waals surface area contributed by atoms with Crippen LogP contribution < -0.4 is 11.1 Å². The lowest BCUT2D eigenvalue weighted by molar-refractivity contribution is 0.391. The van der Waals surface area contributed by atoms with Crippen molar-refractivity contribution in [2.75, 3.05) is 11.1 Å². The van der Waals surface area contributed by atoms with Crippen LogP contribution in [-0.2, 0) is 6.54 Å². The van der Waals surface area contributed by atoms with Gasteiger partial charge in [0.15, 0.2) is 0 Å². The largest absolute Gasteiger partial charge is 0.397 e. The quantitative estimate of drug-likeness (QED) is 0.671. The maximum Gasteiger partial charge on any atom is 0.133 e. The van der Waals surface area contributed by atoms with Gasteiger partial charge in [-0.2, -0.15) is 0 Å². The van der Waals surface area contributed by atoms with Crippen molar-refractivity contribution in [3.63, 3.8) is 0 Å². The zero-order valence-corrected chi connectivity index (χ0v) is 11.0. The first-order valence-electron chi connectivity index (χ1n) is 4.86. The smallest absolute Gasteiger partial charge is 0.133 e. The maximum absolute atomic E-state index is 5.88. The summed E-state index contributed by atoms with van der Waals surface area (Å²) in [6.45, 7) is 2.48. The van der Waals surface area contributed by atoms with Crippen molar-refractivity contribution in [2.24, 2.45) is 0 Å². The molecule has 84 valence electrons. The first-order valence-corrected chi connectivity index (χ1v) is 5.94. The predicted molar refractivity (Wildman–Crippen MR) is 72.1 cm³/mol. The van der Waals surface area contributed by atoms with E-state index >= 15 is 0 Å². The Hall–Kier alpha value is -1.24. The zero-order chi connectivity index (χ0) is 11.5. The minimum Gasteiger partial charge on any atom is -0.397 e. The highest BCUT2D eigenvalue weighted by Crippen LogP contribution is 2.21. The molecule has 0 unspecified atom stereocenters. The van der Waals surface area contributed by atoms with Gasteiger partial charge in [-0.25, -0.2) is 0 Å². The summed E-state index contributed by atoms with van der Waals surface area (Å²) in [5.74, 6) is 0.812. The molecule has 0 amide bonds. The van der Waals surface area contributed by atoms with Gasteiger partial charge in [0.05, 0.1) is 17.9 Å². The number of anilines is 2. The average molecular weight is 329 g/mol. The van der Waals surface area contributed by atoms with Crippen LogP contribution in [0.2, 0.25) is 0 Å². The highest BCUT2D eigenvalue weighted by Gasteiger charge is 2.02. The van der Waals surface area contributed by atoms with Crippen molar-refractivity contribution in [3.8, 4) is 0 Å². The number of aryl methyl sites for hydroxylation is 1. The van der Waals surface area contributed by atoms with E-state index in [-0.39, 0.29) is 0 Å². The van der Waals surface area contributed by atoms with Gasteiger partial charge in [0.1, 0.15) is 11.5 Å². The van der Waals surface area contributed by atoms with Gasteiger partial charge in [-0.1, -0.05) is 5.16 Å². The number of nitrogens with one attached hydrogen (secondary N) is 1. The topological polar surface area (TPSA) is 64.1 Å². The Morgan fingerprint density at radius 1 is 1.44 bits per heavy atom. The molecule has 0 fully saturated rings. The number of hydrogen-bond donors (Lipinski definition) is 2. The van der Waals surface area contributed by atoms with Crippen LogP contribution >= 0.6 is 22.6 Å². The lowest BCUT2D eigenvalue weighted by Gasteiger charge is -2.07. The van der Waals surface area contributed by atoms with Crippen molar-refractivity contribution in [3.05, 3.63) is 39.3 Å². The monoisotopic (exact) mass is 329 g/mol. The minimum atomic E-state index is 0.613. The predicted octanol–water partition coefficient (Wildman–Crippen LogP) is 2.78. The molecule has 2 aromatic rings. The van der Waals surface area contributed by atoms with E-state index < -0.39 is 0 Å². The van der Waals surface area contributed by atoms with Gasteiger partial charge in [0.25, 0.3) is 0 Å². The van der Waals surface area contributed by atoms with E-state index in [1.165, 1.54) is 0 Å². The first kappa shape index (κ1) is 11.3. The van der Waals surface area contributed by atoms with Crippen LogP contribution in [0.1, 0.15) is 11.5 Å². The standard InChI is InChI=1S/C11H12IN3O/c1-7-4-9(15-16-7)6-14-11-3-2-8(12)5-10(11)13/h2-5,14H,6,13H2,1H3. The SMILES string of the molecule is Cc1cc(CNc2ccc(I)cc2N)no1. The van der Waals surface area contributed by atoms with Crippen molar-refractivity contribution in [2.45, 2.75) is 13.5 Å². The first-order chi connectivity index (χ1) is 7.65. The number of nitrogen functional groups attached to an aromatic ring is 1. The lowest BCUT2D eigenvalue weighted by Crippen LogP contribution is -2.02. The minimum absolute atomic E-state index is 0.613. The van der Waals surface area contributed by atoms with Crippen LogP contribution in [0.15, 0.2) is 28.8 Å². The molecule has 1 aromatic carbocycles. The summed E-state index contributed by atoms with van der Waals surface area (Å²) in [5, 5.41) is 7.12. The molecule has 4 nitrogen and oxygen atoms in total. The lowest BCUT2D eigenvalue weighted by atomic mass is 10.2. The molecule has 16 heavy (non-hydrogen) atoms. The van der Waals surface area contributed by atoms with Crippen LogP contribution in [0.25, 0.3) is 0 Å². The summed E-state index contributed by atoms with van der Waals surface area (Å²) in [7, 11) is 0. The molecular formula is C11H12IN3O. The Balaban J connectivity index is 2.04. The van der Waals surface area contributed by atoms with Gasteiger partial charge in [0.2, 0.25) is 0 Å². The second-order valence-corrected chi connectivity index (χ2v) is 4.76. The van der Waals surface area contributed by atoms with Crippen LogP contribution in [0.3, 0.4) is 0 Å². The van der Waals surface area contributed by atoms with Gasteiger partial charge >= 0.3 is 0 Å². The Morgan fingerprint density at radius 2 is 2.25 bits per heavy atom. The van der Waals surface area contributed by atoms with Gasteiger partial charge in [-0.15, -0.1) is 0 Å². The Bertz CT molecular complexity index is 496. The van der Waals surface area contributed by atoms with Gasteiger partial charge in [-0.3, -0.25) is 0 Å². The van der Waals surface area contributed by atoms with Gasteiger partial charge in [0, 0.05) is 9.64 Å². The number of rotatable bonds is 3. The molecule has 0 aliphatic heterocycles. The summed E-state index contributed by atoms with van der Waals surface area (Å²) in [4.78, 5) is 0. The van der Waals surface area contributed by atoms with Crippen molar-refractivity contribution in [1.29, 1.82) is 0 Å². The van der Waals surface area contributed by atoms with E-state index in [0.29, 0.717) is 6.54 Å². The summed E-state index contributed by atoms with van der Waals surface area (Å²) in [6.07, 6.45) is 0. The van der Waals surface area contributed by atoms with Crippen LogP contribution in [-0.4, -0.2) is 5.16 Å². The Kier molecular flexibility index (Phi) is 3.33. The molecule has 0 atom stereocenters. The second kappa shape index (κ2) is 4.73. The molecule has 0 aliphatic carbocycles. The number of aromatic nitrogens is 1. The summed E-state index contributed by atoms with van der Waals surface area (Å²) in [6, 6.07) is 7.80. The third kappa shape index (κ3) is 2.66. The molecule has 1 heterocycles. The Morgan fingerprint density at radius 3 is 2.88 bits per heavy atom. The molecular weight excluding hydrogens is 317 g/mol. The van der Waals surface area contributed by atoms with E-state index in [4.69, 9.17) is 10.3 Å².